The number of allylic oxidation sites excluding steroid dienone is 1. The van der Waals surface area contributed by atoms with Crippen molar-refractivity contribution < 1.29 is 23.7 Å². The molecule has 1 unspecified atom stereocenters. The Kier molecular flexibility index (Phi) is 5.60. The SMILES string of the molecule is COCCOC(=O)C1=C(C)Nc2ncnn2C1c1ccc(OC)cc1OC. The molecule has 1 aliphatic rings. The lowest BCUT2D eigenvalue weighted by atomic mass is 9.95. The van der Waals surface area contributed by atoms with Crippen LogP contribution in [0.5, 0.6) is 11.5 Å². The molecule has 1 aliphatic heterocycles. The monoisotopic (exact) mass is 374 g/mol. The Balaban J connectivity index is 2.08. The molecule has 144 valence electrons. The van der Waals surface area contributed by atoms with Crippen molar-refractivity contribution in [1.82, 2.24) is 14.8 Å². The van der Waals surface area contributed by atoms with Gasteiger partial charge in [0.1, 0.15) is 30.5 Å². The van der Waals surface area contributed by atoms with Crippen LogP contribution in [-0.4, -0.2) is 55.3 Å². The highest BCUT2D eigenvalue weighted by atomic mass is 16.6. The van der Waals surface area contributed by atoms with Crippen molar-refractivity contribution in [2.45, 2.75) is 13.0 Å². The first-order valence-corrected chi connectivity index (χ1v) is 8.36. The van der Waals surface area contributed by atoms with E-state index in [1.807, 2.05) is 6.07 Å². The van der Waals surface area contributed by atoms with Gasteiger partial charge in [0.05, 0.1) is 26.4 Å². The molecule has 1 aromatic heterocycles. The maximum absolute atomic E-state index is 12.8. The zero-order valence-electron chi connectivity index (χ0n) is 15.7. The number of nitrogens with zero attached hydrogens (tertiary/aromatic N) is 3. The van der Waals surface area contributed by atoms with Gasteiger partial charge < -0.3 is 24.3 Å². The summed E-state index contributed by atoms with van der Waals surface area (Å²) in [5, 5.41) is 7.38. The standard InChI is InChI=1S/C18H22N4O5/c1-11-15(17(23)27-8-7-24-2)16(22-18(21-11)19-10-20-22)13-6-5-12(25-3)9-14(13)26-4/h5-6,9-10,16H,7-8H2,1-4H3,(H,19,20,21). The predicted octanol–water partition coefficient (Wildman–Crippen LogP) is 1.77. The Morgan fingerprint density at radius 2 is 2.04 bits per heavy atom. The Labute approximate surface area is 156 Å². The number of methoxy groups -OCH3 is 3. The molecule has 1 atom stereocenters. The topological polar surface area (TPSA) is 96.7 Å². The fourth-order valence-electron chi connectivity index (χ4n) is 2.98. The number of carbonyl (C=O) groups is 1. The molecule has 0 aliphatic carbocycles. The summed E-state index contributed by atoms with van der Waals surface area (Å²) >= 11 is 0. The molecule has 0 saturated carbocycles. The average molecular weight is 374 g/mol. The zero-order chi connectivity index (χ0) is 19.4. The number of hydrogen-bond donors (Lipinski definition) is 1. The molecule has 0 fully saturated rings. The maximum Gasteiger partial charge on any atom is 0.338 e. The number of aromatic nitrogens is 3. The van der Waals surface area contributed by atoms with Crippen LogP contribution in [0.15, 0.2) is 35.8 Å². The first-order valence-electron chi connectivity index (χ1n) is 8.36. The van der Waals surface area contributed by atoms with Crippen molar-refractivity contribution in [1.29, 1.82) is 0 Å². The largest absolute Gasteiger partial charge is 0.497 e. The van der Waals surface area contributed by atoms with Crippen LogP contribution in [-0.2, 0) is 14.3 Å². The summed E-state index contributed by atoms with van der Waals surface area (Å²) in [6.45, 7) is 2.27. The number of anilines is 1. The number of carbonyl (C=O) groups excluding carboxylic acids is 1. The maximum atomic E-state index is 12.8. The molecule has 9 nitrogen and oxygen atoms in total. The van der Waals surface area contributed by atoms with Gasteiger partial charge in [-0.1, -0.05) is 0 Å². The van der Waals surface area contributed by atoms with E-state index in [0.29, 0.717) is 35.3 Å². The van der Waals surface area contributed by atoms with Gasteiger partial charge in [0.15, 0.2) is 0 Å². The summed E-state index contributed by atoms with van der Waals surface area (Å²) in [7, 11) is 4.69. The summed E-state index contributed by atoms with van der Waals surface area (Å²) in [4.78, 5) is 17.0. The quantitative estimate of drug-likeness (QED) is 0.579. The molecule has 1 aromatic carbocycles. The molecule has 0 spiro atoms. The number of ether oxygens (including phenoxy) is 4. The van der Waals surface area contributed by atoms with E-state index in [4.69, 9.17) is 18.9 Å². The third-order valence-corrected chi connectivity index (χ3v) is 4.27. The number of esters is 1. The van der Waals surface area contributed by atoms with Crippen LogP contribution in [0.25, 0.3) is 0 Å². The highest BCUT2D eigenvalue weighted by Gasteiger charge is 2.36. The van der Waals surface area contributed by atoms with Crippen molar-refractivity contribution >= 4 is 11.9 Å². The Bertz CT molecular complexity index is 861. The van der Waals surface area contributed by atoms with Crippen LogP contribution in [0.1, 0.15) is 18.5 Å². The second-order valence-corrected chi connectivity index (χ2v) is 5.83. The van der Waals surface area contributed by atoms with Crippen molar-refractivity contribution in [3.63, 3.8) is 0 Å². The van der Waals surface area contributed by atoms with E-state index >= 15 is 0 Å². The van der Waals surface area contributed by atoms with Gasteiger partial charge in [0.2, 0.25) is 5.95 Å². The summed E-state index contributed by atoms with van der Waals surface area (Å²) in [6.07, 6.45) is 1.43. The lowest BCUT2D eigenvalue weighted by Crippen LogP contribution is -2.30. The molecule has 2 heterocycles. The smallest absolute Gasteiger partial charge is 0.338 e. The fraction of sp³-hybridized carbons (Fsp3) is 0.389. The average Bonchev–Trinajstić information content (AvgIpc) is 3.14. The molecule has 2 aromatic rings. The van der Waals surface area contributed by atoms with Gasteiger partial charge in [0.25, 0.3) is 0 Å². The number of benzene rings is 1. The molecule has 0 bridgehead atoms. The molecular formula is C18H22N4O5. The zero-order valence-corrected chi connectivity index (χ0v) is 15.7. The molecule has 27 heavy (non-hydrogen) atoms. The van der Waals surface area contributed by atoms with Gasteiger partial charge >= 0.3 is 5.97 Å². The van der Waals surface area contributed by atoms with E-state index in [2.05, 4.69) is 15.4 Å². The van der Waals surface area contributed by atoms with Crippen molar-refractivity contribution in [3.8, 4) is 11.5 Å². The summed E-state index contributed by atoms with van der Waals surface area (Å²) < 4.78 is 22.8. The molecular weight excluding hydrogens is 352 g/mol. The second kappa shape index (κ2) is 8.09. The summed E-state index contributed by atoms with van der Waals surface area (Å²) in [5.41, 5.74) is 1.80. The minimum atomic E-state index is -0.556. The van der Waals surface area contributed by atoms with Crippen LogP contribution >= 0.6 is 0 Å². The van der Waals surface area contributed by atoms with E-state index < -0.39 is 12.0 Å². The van der Waals surface area contributed by atoms with Crippen LogP contribution in [0.3, 0.4) is 0 Å². The van der Waals surface area contributed by atoms with Gasteiger partial charge in [-0.05, 0) is 19.1 Å². The van der Waals surface area contributed by atoms with Crippen LogP contribution in [0, 0.1) is 0 Å². The highest BCUT2D eigenvalue weighted by molar-refractivity contribution is 5.92. The number of hydrogen-bond acceptors (Lipinski definition) is 8. The molecule has 3 rings (SSSR count). The molecule has 0 amide bonds. The lowest BCUT2D eigenvalue weighted by Gasteiger charge is -2.29. The molecule has 0 radical (unpaired) electrons. The minimum Gasteiger partial charge on any atom is -0.497 e. The second-order valence-electron chi connectivity index (χ2n) is 5.83. The van der Waals surface area contributed by atoms with Crippen LogP contribution in [0.2, 0.25) is 0 Å². The van der Waals surface area contributed by atoms with E-state index in [1.54, 1.807) is 45.1 Å². The third kappa shape index (κ3) is 3.59. The Morgan fingerprint density at radius 1 is 1.22 bits per heavy atom. The van der Waals surface area contributed by atoms with Crippen molar-refractivity contribution in [3.05, 3.63) is 41.4 Å². The summed E-state index contributed by atoms with van der Waals surface area (Å²) in [6, 6.07) is 4.85. The van der Waals surface area contributed by atoms with Crippen LogP contribution in [0.4, 0.5) is 5.95 Å². The third-order valence-electron chi connectivity index (χ3n) is 4.27. The van der Waals surface area contributed by atoms with Gasteiger partial charge in [0, 0.05) is 24.4 Å². The van der Waals surface area contributed by atoms with Crippen molar-refractivity contribution in [2.24, 2.45) is 0 Å². The fourth-order valence-corrected chi connectivity index (χ4v) is 2.98. The van der Waals surface area contributed by atoms with Gasteiger partial charge in [-0.15, -0.1) is 0 Å². The molecule has 9 heteroatoms. The predicted molar refractivity (Wildman–Crippen MR) is 96.9 cm³/mol. The highest BCUT2D eigenvalue weighted by Crippen LogP contribution is 2.40. The number of fused-ring (bicyclic) bond motifs is 1. The first-order chi connectivity index (χ1) is 13.1. The van der Waals surface area contributed by atoms with E-state index in [9.17, 15) is 4.79 Å². The van der Waals surface area contributed by atoms with E-state index in [-0.39, 0.29) is 6.61 Å². The first kappa shape index (κ1) is 18.7. The van der Waals surface area contributed by atoms with Crippen LogP contribution < -0.4 is 14.8 Å². The van der Waals surface area contributed by atoms with E-state index in [1.165, 1.54) is 6.33 Å². The van der Waals surface area contributed by atoms with Gasteiger partial charge in [-0.2, -0.15) is 10.1 Å². The number of rotatable bonds is 7. The Morgan fingerprint density at radius 3 is 2.74 bits per heavy atom. The minimum absolute atomic E-state index is 0.156. The van der Waals surface area contributed by atoms with Crippen molar-refractivity contribution in [2.75, 3.05) is 39.9 Å². The molecule has 0 saturated heterocycles. The van der Waals surface area contributed by atoms with E-state index in [0.717, 1.165) is 5.56 Å². The molecule has 1 N–H and O–H groups in total. The summed E-state index contributed by atoms with van der Waals surface area (Å²) in [5.74, 6) is 1.29. The Hall–Kier alpha value is -3.07. The normalized spacial score (nSPS) is 15.8. The lowest BCUT2D eigenvalue weighted by molar-refractivity contribution is -0.140. The van der Waals surface area contributed by atoms with Gasteiger partial charge in [-0.25, -0.2) is 9.48 Å². The van der Waals surface area contributed by atoms with Gasteiger partial charge in [-0.3, -0.25) is 0 Å². The number of nitrogens with one attached hydrogen (secondary N) is 1.